The molecule has 11 heavy (non-hydrogen) atoms. The van der Waals surface area contributed by atoms with Crippen molar-refractivity contribution in [3.8, 4) is 0 Å². The summed E-state index contributed by atoms with van der Waals surface area (Å²) >= 11 is 0. The third-order valence-corrected chi connectivity index (χ3v) is 0.967. The van der Waals surface area contributed by atoms with Crippen molar-refractivity contribution in [2.24, 2.45) is 5.16 Å². The van der Waals surface area contributed by atoms with Gasteiger partial charge in [-0.15, -0.1) is 0 Å². The van der Waals surface area contributed by atoms with E-state index in [1.54, 1.807) is 0 Å². The van der Waals surface area contributed by atoms with Crippen LogP contribution in [0, 0.1) is 0 Å². The van der Waals surface area contributed by atoms with Gasteiger partial charge in [0, 0.05) is 0 Å². The quantitative estimate of drug-likeness (QED) is 0.432. The monoisotopic (exact) mass is 157 g/mol. The molecule has 1 rings (SSSR count). The van der Waals surface area contributed by atoms with E-state index in [-0.39, 0.29) is 12.2 Å². The summed E-state index contributed by atoms with van der Waals surface area (Å²) < 4.78 is 1.11. The summed E-state index contributed by atoms with van der Waals surface area (Å²) in [5.41, 5.74) is -0.368. The van der Waals surface area contributed by atoms with Gasteiger partial charge in [0.15, 0.2) is 0 Å². The fourth-order valence-corrected chi connectivity index (χ4v) is 0.522. The first-order valence-corrected chi connectivity index (χ1v) is 2.87. The fourth-order valence-electron chi connectivity index (χ4n) is 0.522. The molecule has 7 nitrogen and oxygen atoms in total. The van der Waals surface area contributed by atoms with Crippen molar-refractivity contribution in [3.63, 3.8) is 0 Å². The van der Waals surface area contributed by atoms with Gasteiger partial charge < -0.3 is 4.84 Å². The van der Waals surface area contributed by atoms with Gasteiger partial charge in [-0.2, -0.15) is 4.68 Å². The van der Waals surface area contributed by atoms with E-state index in [1.165, 1.54) is 13.3 Å². The van der Waals surface area contributed by atoms with Gasteiger partial charge >= 0.3 is 5.69 Å². The zero-order chi connectivity index (χ0) is 8.10. The molecule has 1 heterocycles. The number of hydrogen-bond donors (Lipinski definition) is 1. The average Bonchev–Trinajstić information content (AvgIpc) is 2.37. The van der Waals surface area contributed by atoms with Gasteiger partial charge in [-0.1, -0.05) is 5.16 Å². The second-order valence-electron chi connectivity index (χ2n) is 1.66. The Balaban J connectivity index is 2.58. The van der Waals surface area contributed by atoms with Crippen LogP contribution in [0.15, 0.2) is 9.95 Å². The van der Waals surface area contributed by atoms with Crippen LogP contribution in [0.3, 0.4) is 0 Å². The summed E-state index contributed by atoms with van der Waals surface area (Å²) in [4.78, 5) is 15.1. The van der Waals surface area contributed by atoms with E-state index in [0.717, 1.165) is 4.68 Å². The molecule has 0 aromatic carbocycles. The van der Waals surface area contributed by atoms with Crippen LogP contribution in [-0.4, -0.2) is 33.5 Å². The van der Waals surface area contributed by atoms with Crippen LogP contribution in [0.5, 0.6) is 0 Å². The molecule has 60 valence electrons. The number of hydrogen-bond acceptors (Lipinski definition) is 5. The number of aromatic amines is 1. The number of H-pyrrole nitrogens is 1. The standard InChI is InChI=1S/C4H7N5O2/c1-11-5-2-3-9-4(10)6-7-8-9/h2H,3H2,1H3,(H,6,8,10). The van der Waals surface area contributed by atoms with E-state index in [4.69, 9.17) is 0 Å². The fraction of sp³-hybridized carbons (Fsp3) is 0.500. The zero-order valence-electron chi connectivity index (χ0n) is 5.89. The van der Waals surface area contributed by atoms with Gasteiger partial charge in [-0.05, 0) is 10.4 Å². The summed E-state index contributed by atoms with van der Waals surface area (Å²) in [6.45, 7) is 0.253. The average molecular weight is 157 g/mol. The van der Waals surface area contributed by atoms with Crippen molar-refractivity contribution >= 4 is 6.21 Å². The van der Waals surface area contributed by atoms with Crippen molar-refractivity contribution < 1.29 is 4.84 Å². The molecule has 0 atom stereocenters. The van der Waals surface area contributed by atoms with E-state index < -0.39 is 0 Å². The third-order valence-electron chi connectivity index (χ3n) is 0.967. The van der Waals surface area contributed by atoms with Crippen LogP contribution in [0.4, 0.5) is 0 Å². The Bertz CT molecular complexity index is 287. The molecule has 0 bridgehead atoms. The predicted molar refractivity (Wildman–Crippen MR) is 36.1 cm³/mol. The van der Waals surface area contributed by atoms with E-state index in [2.05, 4.69) is 25.5 Å². The van der Waals surface area contributed by atoms with Crippen molar-refractivity contribution in [2.45, 2.75) is 6.54 Å². The second-order valence-corrected chi connectivity index (χ2v) is 1.66. The molecular weight excluding hydrogens is 150 g/mol. The zero-order valence-corrected chi connectivity index (χ0v) is 5.89. The Kier molecular flexibility index (Phi) is 2.37. The number of tetrazole rings is 1. The maximum atomic E-state index is 10.7. The minimum absolute atomic E-state index is 0.253. The molecular formula is C4H7N5O2. The van der Waals surface area contributed by atoms with Crippen LogP contribution < -0.4 is 5.69 Å². The lowest BCUT2D eigenvalue weighted by Gasteiger charge is -1.87. The van der Waals surface area contributed by atoms with E-state index >= 15 is 0 Å². The lowest BCUT2D eigenvalue weighted by Crippen LogP contribution is -2.18. The Labute approximate surface area is 61.6 Å². The topological polar surface area (TPSA) is 85.2 Å². The molecule has 1 N–H and O–H groups in total. The van der Waals surface area contributed by atoms with E-state index in [0.29, 0.717) is 0 Å². The van der Waals surface area contributed by atoms with E-state index in [1.807, 2.05) is 0 Å². The normalized spacial score (nSPS) is 10.6. The maximum absolute atomic E-state index is 10.7. The minimum atomic E-state index is -0.368. The molecule has 0 aliphatic heterocycles. The molecule has 1 aromatic heterocycles. The highest BCUT2D eigenvalue weighted by molar-refractivity contribution is 5.55. The number of nitrogens with one attached hydrogen (secondary N) is 1. The summed E-state index contributed by atoms with van der Waals surface area (Å²) in [6.07, 6.45) is 1.41. The maximum Gasteiger partial charge on any atom is 0.361 e. The third kappa shape index (κ3) is 1.88. The second kappa shape index (κ2) is 3.49. The molecule has 0 radical (unpaired) electrons. The summed E-state index contributed by atoms with van der Waals surface area (Å²) in [5, 5.41) is 12.3. The van der Waals surface area contributed by atoms with Gasteiger partial charge in [0.25, 0.3) is 0 Å². The lowest BCUT2D eigenvalue weighted by atomic mass is 10.7. The molecule has 0 aliphatic carbocycles. The molecule has 0 aliphatic rings. The molecule has 1 aromatic rings. The summed E-state index contributed by atoms with van der Waals surface area (Å²) in [7, 11) is 1.42. The predicted octanol–water partition coefficient (Wildman–Crippen LogP) is -1.40. The molecule has 0 fully saturated rings. The van der Waals surface area contributed by atoms with Crippen LogP contribution in [-0.2, 0) is 11.4 Å². The highest BCUT2D eigenvalue weighted by Gasteiger charge is 1.93. The first kappa shape index (κ1) is 7.45. The van der Waals surface area contributed by atoms with Crippen molar-refractivity contribution in [3.05, 3.63) is 10.5 Å². The molecule has 7 heteroatoms. The van der Waals surface area contributed by atoms with Crippen LogP contribution in [0.2, 0.25) is 0 Å². The Morgan fingerprint density at radius 3 is 3.27 bits per heavy atom. The van der Waals surface area contributed by atoms with Crippen molar-refractivity contribution in [1.29, 1.82) is 0 Å². The SMILES string of the molecule is CON=CCn1nn[nH]c1=O. The van der Waals surface area contributed by atoms with Crippen LogP contribution in [0.1, 0.15) is 0 Å². The van der Waals surface area contributed by atoms with Crippen molar-refractivity contribution in [2.75, 3.05) is 7.11 Å². The van der Waals surface area contributed by atoms with Crippen LogP contribution >= 0.6 is 0 Å². The first-order valence-electron chi connectivity index (χ1n) is 2.87. The molecule has 0 spiro atoms. The first-order chi connectivity index (χ1) is 5.34. The van der Waals surface area contributed by atoms with Gasteiger partial charge in [0.1, 0.15) is 7.11 Å². The lowest BCUT2D eigenvalue weighted by molar-refractivity contribution is 0.214. The Hall–Kier alpha value is -1.66. The minimum Gasteiger partial charge on any atom is -0.399 e. The smallest absolute Gasteiger partial charge is 0.361 e. The summed E-state index contributed by atoms with van der Waals surface area (Å²) in [6, 6.07) is 0. The molecule has 0 amide bonds. The number of oxime groups is 1. The summed E-state index contributed by atoms with van der Waals surface area (Å²) in [5.74, 6) is 0. The van der Waals surface area contributed by atoms with Gasteiger partial charge in [-0.25, -0.2) is 9.89 Å². The Morgan fingerprint density at radius 2 is 2.73 bits per heavy atom. The number of nitrogens with zero attached hydrogens (tertiary/aromatic N) is 4. The van der Waals surface area contributed by atoms with Crippen LogP contribution in [0.25, 0.3) is 0 Å². The molecule has 0 saturated heterocycles. The molecule has 0 unspecified atom stereocenters. The highest BCUT2D eigenvalue weighted by atomic mass is 16.6. The van der Waals surface area contributed by atoms with Crippen molar-refractivity contribution in [1.82, 2.24) is 20.2 Å². The van der Waals surface area contributed by atoms with Gasteiger partial charge in [0.2, 0.25) is 0 Å². The number of rotatable bonds is 3. The number of aromatic nitrogens is 4. The molecule has 0 saturated carbocycles. The highest BCUT2D eigenvalue weighted by Crippen LogP contribution is 1.68. The van der Waals surface area contributed by atoms with E-state index in [9.17, 15) is 4.79 Å². The Morgan fingerprint density at radius 1 is 1.91 bits per heavy atom. The van der Waals surface area contributed by atoms with Gasteiger partial charge in [0.05, 0.1) is 12.8 Å². The largest absolute Gasteiger partial charge is 0.399 e. The van der Waals surface area contributed by atoms with Gasteiger partial charge in [-0.3, -0.25) is 0 Å².